The molecule has 0 aliphatic carbocycles. The van der Waals surface area contributed by atoms with Gasteiger partial charge in [-0.2, -0.15) is 0 Å². The van der Waals surface area contributed by atoms with Gasteiger partial charge >= 0.3 is 0 Å². The molecular formula is C18H22N2O3S. The lowest BCUT2D eigenvalue weighted by Crippen LogP contribution is -2.23. The maximum Gasteiger partial charge on any atom is 0.240 e. The van der Waals surface area contributed by atoms with E-state index in [9.17, 15) is 13.2 Å². The molecule has 0 fully saturated rings. The van der Waals surface area contributed by atoms with Crippen LogP contribution in [0.2, 0.25) is 0 Å². The fourth-order valence-electron chi connectivity index (χ4n) is 2.32. The minimum absolute atomic E-state index is 0.0246. The SMILES string of the molecule is CNS(=O)(=O)c1ccc(CCC(=O)NCc2cccc(C)c2)cc1. The molecule has 2 N–H and O–H groups in total. The minimum atomic E-state index is -3.42. The van der Waals surface area contributed by atoms with Crippen molar-refractivity contribution in [3.8, 4) is 0 Å². The Bertz CT molecular complexity index is 799. The quantitative estimate of drug-likeness (QED) is 0.807. The van der Waals surface area contributed by atoms with Crippen LogP contribution in [-0.4, -0.2) is 21.4 Å². The number of nitrogens with one attached hydrogen (secondary N) is 2. The number of benzene rings is 2. The van der Waals surface area contributed by atoms with E-state index >= 15 is 0 Å². The molecule has 2 aromatic rings. The van der Waals surface area contributed by atoms with Crippen molar-refractivity contribution in [1.29, 1.82) is 0 Å². The lowest BCUT2D eigenvalue weighted by molar-refractivity contribution is -0.121. The number of hydrogen-bond donors (Lipinski definition) is 2. The first-order valence-electron chi connectivity index (χ1n) is 7.75. The molecule has 0 aromatic heterocycles. The Kier molecular flexibility index (Phi) is 6.11. The van der Waals surface area contributed by atoms with Crippen LogP contribution in [0, 0.1) is 6.92 Å². The van der Waals surface area contributed by atoms with E-state index in [-0.39, 0.29) is 10.8 Å². The summed E-state index contributed by atoms with van der Waals surface area (Å²) in [5, 5.41) is 2.90. The van der Waals surface area contributed by atoms with Gasteiger partial charge in [0.25, 0.3) is 0 Å². The first kappa shape index (κ1) is 18.2. The van der Waals surface area contributed by atoms with E-state index < -0.39 is 10.0 Å². The predicted octanol–water partition coefficient (Wildman–Crippen LogP) is 2.15. The monoisotopic (exact) mass is 346 g/mol. The summed E-state index contributed by atoms with van der Waals surface area (Å²) in [7, 11) is -2.04. The van der Waals surface area contributed by atoms with Crippen molar-refractivity contribution in [3.05, 3.63) is 65.2 Å². The Morgan fingerprint density at radius 1 is 1.04 bits per heavy atom. The molecule has 0 aliphatic rings. The zero-order valence-corrected chi connectivity index (χ0v) is 14.7. The van der Waals surface area contributed by atoms with Crippen LogP contribution in [-0.2, 0) is 27.8 Å². The van der Waals surface area contributed by atoms with E-state index in [2.05, 4.69) is 10.0 Å². The van der Waals surface area contributed by atoms with Crippen molar-refractivity contribution in [2.75, 3.05) is 7.05 Å². The molecule has 5 nitrogen and oxygen atoms in total. The van der Waals surface area contributed by atoms with Gasteiger partial charge in [-0.3, -0.25) is 4.79 Å². The molecule has 0 saturated carbocycles. The third-order valence-electron chi connectivity index (χ3n) is 3.72. The van der Waals surface area contributed by atoms with E-state index in [1.807, 2.05) is 31.2 Å². The summed E-state index contributed by atoms with van der Waals surface area (Å²) in [6.07, 6.45) is 0.934. The van der Waals surface area contributed by atoms with Gasteiger partial charge in [0.05, 0.1) is 4.90 Å². The van der Waals surface area contributed by atoms with Crippen molar-refractivity contribution >= 4 is 15.9 Å². The van der Waals surface area contributed by atoms with Gasteiger partial charge < -0.3 is 5.32 Å². The van der Waals surface area contributed by atoms with Gasteiger partial charge in [0, 0.05) is 13.0 Å². The van der Waals surface area contributed by atoms with Gasteiger partial charge in [-0.15, -0.1) is 0 Å². The molecule has 24 heavy (non-hydrogen) atoms. The largest absolute Gasteiger partial charge is 0.352 e. The Hall–Kier alpha value is -2.18. The van der Waals surface area contributed by atoms with Crippen molar-refractivity contribution < 1.29 is 13.2 Å². The number of rotatable bonds is 7. The van der Waals surface area contributed by atoms with Crippen molar-refractivity contribution in [2.45, 2.75) is 31.2 Å². The van der Waals surface area contributed by atoms with Crippen LogP contribution < -0.4 is 10.0 Å². The molecule has 0 aliphatic heterocycles. The first-order chi connectivity index (χ1) is 11.4. The topological polar surface area (TPSA) is 75.3 Å². The molecule has 6 heteroatoms. The molecule has 2 aromatic carbocycles. The van der Waals surface area contributed by atoms with Gasteiger partial charge in [0.2, 0.25) is 15.9 Å². The standard InChI is InChI=1S/C18H22N2O3S/c1-14-4-3-5-16(12-14)13-20-18(21)11-8-15-6-9-17(10-7-15)24(22,23)19-2/h3-7,9-10,12,19H,8,11,13H2,1-2H3,(H,20,21). The molecule has 0 saturated heterocycles. The molecule has 0 spiro atoms. The van der Waals surface area contributed by atoms with E-state index in [4.69, 9.17) is 0 Å². The predicted molar refractivity (Wildman–Crippen MR) is 94.0 cm³/mol. The zero-order valence-electron chi connectivity index (χ0n) is 13.9. The maximum atomic E-state index is 11.9. The molecule has 0 unspecified atom stereocenters. The zero-order chi connectivity index (χ0) is 17.6. The van der Waals surface area contributed by atoms with Gasteiger partial charge in [-0.1, -0.05) is 42.0 Å². The van der Waals surface area contributed by atoms with E-state index in [1.54, 1.807) is 24.3 Å². The molecular weight excluding hydrogens is 324 g/mol. The second kappa shape index (κ2) is 8.08. The van der Waals surface area contributed by atoms with Gasteiger partial charge in [-0.25, -0.2) is 13.1 Å². The summed E-state index contributed by atoms with van der Waals surface area (Å²) >= 11 is 0. The van der Waals surface area contributed by atoms with E-state index in [0.717, 1.165) is 11.1 Å². The van der Waals surface area contributed by atoms with Gasteiger partial charge in [0.1, 0.15) is 0 Å². The highest BCUT2D eigenvalue weighted by Gasteiger charge is 2.10. The minimum Gasteiger partial charge on any atom is -0.352 e. The van der Waals surface area contributed by atoms with Crippen molar-refractivity contribution in [3.63, 3.8) is 0 Å². The Labute approximate surface area is 143 Å². The van der Waals surface area contributed by atoms with Crippen molar-refractivity contribution in [2.24, 2.45) is 0 Å². The second-order valence-electron chi connectivity index (χ2n) is 5.62. The molecule has 0 heterocycles. The Balaban J connectivity index is 1.83. The summed E-state index contributed by atoms with van der Waals surface area (Å²) < 4.78 is 25.6. The van der Waals surface area contributed by atoms with Gasteiger partial charge in [0.15, 0.2) is 0 Å². The average Bonchev–Trinajstić information content (AvgIpc) is 2.58. The maximum absolute atomic E-state index is 11.9. The van der Waals surface area contributed by atoms with Crippen LogP contribution in [0.15, 0.2) is 53.4 Å². The van der Waals surface area contributed by atoms with Crippen LogP contribution in [0.3, 0.4) is 0 Å². The van der Waals surface area contributed by atoms with Crippen LogP contribution in [0.1, 0.15) is 23.1 Å². The molecule has 0 bridgehead atoms. The third kappa shape index (κ3) is 5.18. The smallest absolute Gasteiger partial charge is 0.240 e. The lowest BCUT2D eigenvalue weighted by Gasteiger charge is -2.07. The number of amides is 1. The number of hydrogen-bond acceptors (Lipinski definition) is 3. The van der Waals surface area contributed by atoms with Crippen LogP contribution >= 0.6 is 0 Å². The highest BCUT2D eigenvalue weighted by Crippen LogP contribution is 2.11. The molecule has 0 atom stereocenters. The van der Waals surface area contributed by atoms with Crippen LogP contribution in [0.5, 0.6) is 0 Å². The summed E-state index contributed by atoms with van der Waals surface area (Å²) in [6, 6.07) is 14.6. The molecule has 2 rings (SSSR count). The summed E-state index contributed by atoms with van der Waals surface area (Å²) in [4.78, 5) is 12.2. The van der Waals surface area contributed by atoms with Gasteiger partial charge in [-0.05, 0) is 43.7 Å². The summed E-state index contributed by atoms with van der Waals surface area (Å²) in [5.74, 6) is -0.0246. The first-order valence-corrected chi connectivity index (χ1v) is 9.24. The fraction of sp³-hybridized carbons (Fsp3) is 0.278. The van der Waals surface area contributed by atoms with E-state index in [0.29, 0.717) is 19.4 Å². The number of sulfonamides is 1. The van der Waals surface area contributed by atoms with Crippen LogP contribution in [0.4, 0.5) is 0 Å². The third-order valence-corrected chi connectivity index (χ3v) is 5.15. The number of aryl methyl sites for hydroxylation is 2. The number of carbonyl (C=O) groups excluding carboxylic acids is 1. The molecule has 0 radical (unpaired) electrons. The lowest BCUT2D eigenvalue weighted by atomic mass is 10.1. The van der Waals surface area contributed by atoms with E-state index in [1.165, 1.54) is 12.6 Å². The Morgan fingerprint density at radius 2 is 1.75 bits per heavy atom. The normalized spacial score (nSPS) is 11.2. The molecule has 1 amide bonds. The highest BCUT2D eigenvalue weighted by molar-refractivity contribution is 7.89. The van der Waals surface area contributed by atoms with Crippen LogP contribution in [0.25, 0.3) is 0 Å². The number of carbonyl (C=O) groups is 1. The Morgan fingerprint density at radius 3 is 2.38 bits per heavy atom. The van der Waals surface area contributed by atoms with Crippen molar-refractivity contribution in [1.82, 2.24) is 10.0 Å². The highest BCUT2D eigenvalue weighted by atomic mass is 32.2. The molecule has 128 valence electrons. The summed E-state index contributed by atoms with van der Waals surface area (Å²) in [5.41, 5.74) is 3.17. The average molecular weight is 346 g/mol. The fourth-order valence-corrected chi connectivity index (χ4v) is 3.05. The second-order valence-corrected chi connectivity index (χ2v) is 7.50. The summed E-state index contributed by atoms with van der Waals surface area (Å²) in [6.45, 7) is 2.53.